The van der Waals surface area contributed by atoms with Gasteiger partial charge in [-0.3, -0.25) is 44.1 Å². The zero-order valence-corrected chi connectivity index (χ0v) is 64.1. The minimum absolute atomic E-state index is 0.0525. The van der Waals surface area contributed by atoms with E-state index in [2.05, 4.69) is 62.2 Å². The maximum absolute atomic E-state index is 16.9. The smallest absolute Gasteiger partial charge is 0.460 e. The van der Waals surface area contributed by atoms with Gasteiger partial charge in [-0.15, -0.1) is 0 Å². The van der Waals surface area contributed by atoms with Crippen LogP contribution in [0.25, 0.3) is 11.3 Å². The average molecular weight is 1610 g/mol. The standard InChI is InChI=1S/C73H89F10N12O16P/c1-40-25-45(30-56(96)84-23-21-57(97)110-68(2,3)4)59(54(26-40)111-112(103,104)105)69(5,6)31-58(98)109-55(37-93(91-63(100)61(89-67(102)107-12)71(9,10)73(81,82)83)36-49-50(74)28-44(29-51(49)75)52-22-24-94(90-52)64(76)77)53(87-62(99)60(88-66(101)106-11)70(7,8)72(78,79)80)27-42-16-13-41(14-17-42)15-18-43-32-85-65(86-33-43)92-34-46-19-20-47(35-92)95(46)48-38-108-39-48/h13-14,16-17,22,24-26,28-29,32-33,46-48,53,55,60-61,64H,19-21,23,27,30-31,34-39H2,1-12H3,(H,84,96)(H,87,99)(H,88,101)(H,89,102)(H,91,100)(H2,103,104,105)/t46?,47?,53-,55-,60+,61+/m0/s1. The Balaban J connectivity index is 1.26. The molecule has 2 aromatic heterocycles. The van der Waals surface area contributed by atoms with E-state index in [9.17, 15) is 47.1 Å². The Labute approximate surface area is 638 Å². The van der Waals surface area contributed by atoms with Crippen LogP contribution in [0.2, 0.25) is 0 Å². The number of carbonyl (C=O) groups excluding carboxylic acids is 7. The van der Waals surface area contributed by atoms with Gasteiger partial charge >= 0.3 is 50.8 Å². The minimum Gasteiger partial charge on any atom is -0.460 e. The highest BCUT2D eigenvalue weighted by Gasteiger charge is 2.58. The van der Waals surface area contributed by atoms with E-state index in [0.717, 1.165) is 45.4 Å². The number of benzene rings is 3. The van der Waals surface area contributed by atoms with Gasteiger partial charge in [-0.05, 0) is 128 Å². The number of esters is 2. The molecule has 8 rings (SSSR count). The Morgan fingerprint density at radius 2 is 1.30 bits per heavy atom. The van der Waals surface area contributed by atoms with E-state index in [0.29, 0.717) is 106 Å². The van der Waals surface area contributed by atoms with Crippen LogP contribution in [0.4, 0.5) is 59.4 Å². The van der Waals surface area contributed by atoms with Crippen LogP contribution in [-0.4, -0.2) is 195 Å². The third-order valence-corrected chi connectivity index (χ3v) is 19.6. The van der Waals surface area contributed by atoms with E-state index in [1.165, 1.54) is 63.5 Å². The number of hydrogen-bond acceptors (Lipinski definition) is 20. The van der Waals surface area contributed by atoms with Crippen molar-refractivity contribution in [3.63, 3.8) is 0 Å². The number of alkyl carbamates (subject to hydrolysis) is 2. The van der Waals surface area contributed by atoms with Crippen LogP contribution in [0.1, 0.15) is 133 Å². The van der Waals surface area contributed by atoms with Crippen LogP contribution in [0.15, 0.2) is 73.2 Å². The Morgan fingerprint density at radius 1 is 0.741 bits per heavy atom. The van der Waals surface area contributed by atoms with Crippen LogP contribution < -0.4 is 36.1 Å². The van der Waals surface area contributed by atoms with Crippen molar-refractivity contribution in [2.75, 3.05) is 58.5 Å². The molecule has 0 radical (unpaired) electrons. The fourth-order valence-corrected chi connectivity index (χ4v) is 13.6. The molecule has 7 N–H and O–H groups in total. The number of amides is 5. The number of rotatable bonds is 30. The molecule has 0 aliphatic carbocycles. The number of phosphoric acid groups is 1. The molecule has 2 unspecified atom stereocenters. The number of carbonyl (C=O) groups is 7. The van der Waals surface area contributed by atoms with Crippen LogP contribution in [0, 0.1) is 41.2 Å². The van der Waals surface area contributed by atoms with E-state index in [4.69, 9.17) is 18.7 Å². The third kappa shape index (κ3) is 22.8. The zero-order chi connectivity index (χ0) is 83.0. The molecule has 3 aliphatic rings. The number of ether oxygens (including phenoxy) is 5. The summed E-state index contributed by atoms with van der Waals surface area (Å²) in [6.45, 7) is 7.46. The predicted octanol–water partition coefficient (Wildman–Crippen LogP) is 9.10. The molecule has 3 aliphatic heterocycles. The molecule has 0 saturated carbocycles. The van der Waals surface area contributed by atoms with Crippen molar-refractivity contribution in [1.29, 1.82) is 0 Å². The number of hydrogen-bond donors (Lipinski definition) is 7. The minimum atomic E-state index is -5.57. The van der Waals surface area contributed by atoms with Crippen molar-refractivity contribution in [3.05, 3.63) is 124 Å². The topological polar surface area (TPSA) is 346 Å². The second-order valence-corrected chi connectivity index (χ2v) is 31.3. The molecular formula is C73H89F10N12O16P. The van der Waals surface area contributed by atoms with Gasteiger partial charge in [-0.2, -0.15) is 40.2 Å². The SMILES string of the molecule is COC(=O)N[C@H](C(=O)N[C@@H](Cc1ccc(C#Cc2cnc(N3CC4CCC(C3)N4C3COC3)nc2)cc1)[C@H](CN(Cc1c(F)cc(-c2ccn(C(F)F)n2)cc1F)NC(=O)[C@@H](NC(=O)OC)C(C)(C)C(F)(F)F)OC(=O)CC(C)(C)c1c(CC(=O)NCCC(=O)OC(C)(C)C)cc(C)cc1OP(=O)(O)O)C(C)(C)C(F)(F)F. The number of nitrogens with one attached hydrogen (secondary N) is 5. The first-order valence-corrected chi connectivity index (χ1v) is 36.7. The van der Waals surface area contributed by atoms with Crippen LogP contribution in [0.3, 0.4) is 0 Å². The summed E-state index contributed by atoms with van der Waals surface area (Å²) in [5.74, 6) is -3.77. The molecule has 39 heteroatoms. The van der Waals surface area contributed by atoms with Crippen LogP contribution in [-0.2, 0) is 77.0 Å². The number of nitrogens with zero attached hydrogens (tertiary/aromatic N) is 7. The molecule has 612 valence electrons. The average Bonchev–Trinajstić information content (AvgIpc) is 1.07. The molecule has 6 atom stereocenters. The summed E-state index contributed by atoms with van der Waals surface area (Å²) >= 11 is 0. The van der Waals surface area contributed by atoms with Gasteiger partial charge in [0.15, 0.2) is 0 Å². The van der Waals surface area contributed by atoms with E-state index >= 15 is 44.7 Å². The number of aryl methyl sites for hydroxylation is 1. The van der Waals surface area contributed by atoms with Crippen molar-refractivity contribution in [2.45, 2.75) is 187 Å². The Bertz CT molecular complexity index is 4310. The number of hydrazine groups is 1. The summed E-state index contributed by atoms with van der Waals surface area (Å²) in [6.07, 6.45) is -13.1. The molecule has 112 heavy (non-hydrogen) atoms. The molecule has 3 fully saturated rings. The number of alkyl halides is 8. The summed E-state index contributed by atoms with van der Waals surface area (Å²) in [5, 5.41) is 12.6. The lowest BCUT2D eigenvalue weighted by Gasteiger charge is -2.47. The van der Waals surface area contributed by atoms with E-state index < -0.39 is 181 Å². The monoisotopic (exact) mass is 1610 g/mol. The lowest BCUT2D eigenvalue weighted by molar-refractivity contribution is -0.221. The summed E-state index contributed by atoms with van der Waals surface area (Å²) < 4.78 is 197. The molecule has 2 bridgehead atoms. The van der Waals surface area contributed by atoms with Gasteiger partial charge in [0, 0.05) is 84.5 Å². The number of methoxy groups -OCH3 is 2. The van der Waals surface area contributed by atoms with Gasteiger partial charge in [-0.1, -0.05) is 43.9 Å². The summed E-state index contributed by atoms with van der Waals surface area (Å²) in [4.78, 5) is 132. The molecular weight excluding hydrogens is 1520 g/mol. The van der Waals surface area contributed by atoms with Gasteiger partial charge in [0.1, 0.15) is 41.2 Å². The highest BCUT2D eigenvalue weighted by Crippen LogP contribution is 2.47. The quantitative estimate of drug-likeness (QED) is 0.00562. The van der Waals surface area contributed by atoms with Crippen molar-refractivity contribution in [2.24, 2.45) is 10.8 Å². The Morgan fingerprint density at radius 3 is 1.81 bits per heavy atom. The lowest BCUT2D eigenvalue weighted by atomic mass is 9.77. The maximum Gasteiger partial charge on any atom is 0.524 e. The van der Waals surface area contributed by atoms with Crippen molar-refractivity contribution >= 4 is 55.6 Å². The molecule has 3 aromatic carbocycles. The van der Waals surface area contributed by atoms with Crippen molar-refractivity contribution in [1.82, 2.24) is 56.4 Å². The van der Waals surface area contributed by atoms with Gasteiger partial charge in [0.05, 0.1) is 87.4 Å². The summed E-state index contributed by atoms with van der Waals surface area (Å²) in [6, 6.07) is 3.83. The molecule has 0 spiro atoms. The largest absolute Gasteiger partial charge is 0.524 e. The number of fused-ring (bicyclic) bond motifs is 2. The molecule has 28 nitrogen and oxygen atoms in total. The zero-order valence-electron chi connectivity index (χ0n) is 63.2. The molecule has 3 saturated heterocycles. The Kier molecular flexibility index (Phi) is 27.9. The number of anilines is 1. The molecule has 5 amide bonds. The van der Waals surface area contributed by atoms with E-state index in [-0.39, 0.29) is 39.9 Å². The van der Waals surface area contributed by atoms with Crippen LogP contribution >= 0.6 is 7.82 Å². The first-order valence-electron chi connectivity index (χ1n) is 35.2. The van der Waals surface area contributed by atoms with Crippen molar-refractivity contribution in [3.8, 4) is 28.8 Å². The van der Waals surface area contributed by atoms with Gasteiger partial charge in [0.25, 0.3) is 5.91 Å². The third-order valence-electron chi connectivity index (χ3n) is 19.1. The predicted molar refractivity (Wildman–Crippen MR) is 380 cm³/mol. The Hall–Kier alpha value is -9.67. The highest BCUT2D eigenvalue weighted by molar-refractivity contribution is 7.46. The van der Waals surface area contributed by atoms with E-state index in [1.807, 2.05) is 5.32 Å². The van der Waals surface area contributed by atoms with Crippen LogP contribution in [0.5, 0.6) is 5.75 Å². The molecule has 5 aromatic rings. The fourth-order valence-electron chi connectivity index (χ4n) is 13.2. The normalized spacial score (nSPS) is 16.9. The summed E-state index contributed by atoms with van der Waals surface area (Å²) in [7, 11) is -4.08. The second kappa shape index (κ2) is 35.6. The lowest BCUT2D eigenvalue weighted by Crippen LogP contribution is -2.64. The fraction of sp³-hybridized carbons (Fsp3) is 0.534. The number of piperazine rings is 1. The number of aromatic nitrogens is 4. The van der Waals surface area contributed by atoms with Crippen molar-refractivity contribution < 1.29 is 120 Å². The first kappa shape index (κ1) is 87.9. The second-order valence-electron chi connectivity index (χ2n) is 30.1. The van der Waals surface area contributed by atoms with Gasteiger partial charge < -0.3 is 54.4 Å². The number of phosphoric ester groups is 1. The maximum atomic E-state index is 16.9. The highest BCUT2D eigenvalue weighted by atomic mass is 31.2. The number of halogens is 10. The van der Waals surface area contributed by atoms with Gasteiger partial charge in [-0.25, -0.2) is 42.6 Å². The molecule has 5 heterocycles. The van der Waals surface area contributed by atoms with Gasteiger partial charge in [0.2, 0.25) is 17.8 Å². The summed E-state index contributed by atoms with van der Waals surface area (Å²) in [5.41, 5.74) is -8.52. The first-order chi connectivity index (χ1) is 52.1. The van der Waals surface area contributed by atoms with E-state index in [1.54, 1.807) is 26.1 Å².